The number of aliphatic hydroxyl groups excluding tert-OH is 1. The van der Waals surface area contributed by atoms with Gasteiger partial charge in [0, 0.05) is 17.7 Å². The summed E-state index contributed by atoms with van der Waals surface area (Å²) in [4.78, 5) is 22.4. The highest BCUT2D eigenvalue weighted by Gasteiger charge is 2.18. The molecule has 0 saturated carbocycles. The number of nitriles is 1. The molecule has 1 aromatic carbocycles. The summed E-state index contributed by atoms with van der Waals surface area (Å²) in [6.45, 7) is 0.813. The Morgan fingerprint density at radius 1 is 1.32 bits per heavy atom. The Morgan fingerprint density at radius 2 is 1.96 bits per heavy atom. The molecule has 10 nitrogen and oxygen atoms in total. The summed E-state index contributed by atoms with van der Waals surface area (Å²) in [7, 11) is 0. The van der Waals surface area contributed by atoms with Crippen LogP contribution >= 0.6 is 0 Å². The van der Waals surface area contributed by atoms with Crippen LogP contribution in [0.25, 0.3) is 0 Å². The Balaban J connectivity index is 2.52. The lowest BCUT2D eigenvalue weighted by Gasteiger charge is -2.11. The Morgan fingerprint density at radius 3 is 2.48 bits per heavy atom. The average Bonchev–Trinajstić information content (AvgIpc) is 2.59. The van der Waals surface area contributed by atoms with Gasteiger partial charge >= 0.3 is 0 Å². The van der Waals surface area contributed by atoms with E-state index in [9.17, 15) is 20.0 Å². The van der Waals surface area contributed by atoms with Gasteiger partial charge in [0.1, 0.15) is 11.6 Å². The molecule has 0 aliphatic carbocycles. The van der Waals surface area contributed by atoms with Crippen LogP contribution in [0.3, 0.4) is 0 Å². The van der Waals surface area contributed by atoms with E-state index in [0.29, 0.717) is 0 Å². The number of hydrogen-bond acceptors (Lipinski definition) is 8. The summed E-state index contributed by atoms with van der Waals surface area (Å²) in [5, 5.41) is 46.4. The van der Waals surface area contributed by atoms with Crippen LogP contribution < -0.4 is 5.56 Å². The van der Waals surface area contributed by atoms with Crippen molar-refractivity contribution in [2.45, 2.75) is 13.5 Å². The molecule has 0 aliphatic heterocycles. The van der Waals surface area contributed by atoms with Gasteiger partial charge in [-0.05, 0) is 19.1 Å². The molecule has 2 N–H and O–H groups in total. The number of aliphatic hydroxyl groups is 1. The molecule has 0 bridgehead atoms. The van der Waals surface area contributed by atoms with E-state index >= 15 is 0 Å². The highest BCUT2D eigenvalue weighted by atomic mass is 16.6. The summed E-state index contributed by atoms with van der Waals surface area (Å²) in [6, 6.07) is 6.97. The number of nitro groups is 1. The number of nitrogens with zero attached hydrogens (tertiary/aromatic N) is 5. The van der Waals surface area contributed by atoms with Gasteiger partial charge in [-0.15, -0.1) is 5.11 Å². The number of azo groups is 1. The molecule has 10 heteroatoms. The standard InChI is InChI=1S/C15H13N5O5/c1-9-12(8-16)14(22)19(6-7-21)15(23)13(9)18-17-10-2-4-11(5-3-10)20(24)25/h2-5,21-22H,6-7H2,1H3. The van der Waals surface area contributed by atoms with Crippen LogP contribution in [0.15, 0.2) is 39.3 Å². The van der Waals surface area contributed by atoms with Crippen molar-refractivity contribution in [1.82, 2.24) is 4.57 Å². The first-order valence-electron chi connectivity index (χ1n) is 7.04. The molecule has 0 fully saturated rings. The van der Waals surface area contributed by atoms with Crippen LogP contribution in [-0.2, 0) is 6.54 Å². The lowest BCUT2D eigenvalue weighted by atomic mass is 10.1. The largest absolute Gasteiger partial charge is 0.493 e. The van der Waals surface area contributed by atoms with Gasteiger partial charge < -0.3 is 10.2 Å². The maximum atomic E-state index is 12.4. The Bertz CT molecular complexity index is 941. The second kappa shape index (κ2) is 7.33. The maximum absolute atomic E-state index is 12.4. The predicted octanol–water partition coefficient (Wildman–Crippen LogP) is 2.05. The van der Waals surface area contributed by atoms with Gasteiger partial charge in [-0.1, -0.05) is 0 Å². The van der Waals surface area contributed by atoms with E-state index in [1.165, 1.54) is 31.2 Å². The zero-order valence-electron chi connectivity index (χ0n) is 13.1. The fourth-order valence-corrected chi connectivity index (χ4v) is 2.11. The third-order valence-electron chi connectivity index (χ3n) is 3.42. The lowest BCUT2D eigenvalue weighted by molar-refractivity contribution is -0.384. The molecule has 0 radical (unpaired) electrons. The number of aromatic hydroxyl groups is 1. The smallest absolute Gasteiger partial charge is 0.281 e. The molecule has 128 valence electrons. The third-order valence-corrected chi connectivity index (χ3v) is 3.42. The monoisotopic (exact) mass is 343 g/mol. The molecule has 0 unspecified atom stereocenters. The number of aromatic nitrogens is 1. The van der Waals surface area contributed by atoms with E-state index in [1.54, 1.807) is 6.07 Å². The summed E-state index contributed by atoms with van der Waals surface area (Å²) in [5.41, 5.74) is -0.730. The molecule has 2 rings (SSSR count). The van der Waals surface area contributed by atoms with Gasteiger partial charge in [0.15, 0.2) is 5.69 Å². The van der Waals surface area contributed by atoms with Crippen molar-refractivity contribution in [2.75, 3.05) is 6.61 Å². The number of hydrogen-bond donors (Lipinski definition) is 2. The topological polar surface area (TPSA) is 154 Å². The van der Waals surface area contributed by atoms with Gasteiger partial charge in [-0.25, -0.2) is 0 Å². The van der Waals surface area contributed by atoms with Gasteiger partial charge in [0.25, 0.3) is 11.2 Å². The SMILES string of the molecule is Cc1c(C#N)c(O)n(CCO)c(=O)c1N=Nc1ccc([N+](=O)[O-])cc1. The number of non-ortho nitro benzene ring substituents is 1. The lowest BCUT2D eigenvalue weighted by Crippen LogP contribution is -2.23. The molecular weight excluding hydrogens is 330 g/mol. The highest BCUT2D eigenvalue weighted by Crippen LogP contribution is 2.27. The van der Waals surface area contributed by atoms with Crippen molar-refractivity contribution in [2.24, 2.45) is 10.2 Å². The molecule has 0 aliphatic rings. The second-order valence-corrected chi connectivity index (χ2v) is 4.94. The fourth-order valence-electron chi connectivity index (χ4n) is 2.11. The van der Waals surface area contributed by atoms with Crippen LogP contribution in [-0.4, -0.2) is 26.3 Å². The highest BCUT2D eigenvalue weighted by molar-refractivity contribution is 5.56. The zero-order chi connectivity index (χ0) is 18.6. The summed E-state index contributed by atoms with van der Waals surface area (Å²) >= 11 is 0. The van der Waals surface area contributed by atoms with Crippen molar-refractivity contribution in [3.05, 3.63) is 55.9 Å². The minimum absolute atomic E-state index is 0.114. The number of pyridine rings is 1. The first-order chi connectivity index (χ1) is 11.9. The van der Waals surface area contributed by atoms with Crippen molar-refractivity contribution in [3.8, 4) is 11.9 Å². The molecule has 1 heterocycles. The predicted molar refractivity (Wildman–Crippen MR) is 86.2 cm³/mol. The Labute approximate surface area is 141 Å². The summed E-state index contributed by atoms with van der Waals surface area (Å²) in [5.74, 6) is -0.548. The number of nitro benzene ring substituents is 1. The normalized spacial score (nSPS) is 10.8. The van der Waals surface area contributed by atoms with E-state index in [2.05, 4.69) is 10.2 Å². The summed E-state index contributed by atoms with van der Waals surface area (Å²) < 4.78 is 0.829. The third kappa shape index (κ3) is 3.51. The number of benzene rings is 1. The van der Waals surface area contributed by atoms with Crippen LogP contribution in [0.1, 0.15) is 11.1 Å². The molecule has 25 heavy (non-hydrogen) atoms. The van der Waals surface area contributed by atoms with E-state index in [4.69, 9.17) is 10.4 Å². The van der Waals surface area contributed by atoms with Gasteiger partial charge in [-0.2, -0.15) is 10.4 Å². The minimum Gasteiger partial charge on any atom is -0.493 e. The van der Waals surface area contributed by atoms with Gasteiger partial charge in [-0.3, -0.25) is 19.5 Å². The molecule has 0 spiro atoms. The van der Waals surface area contributed by atoms with Crippen LogP contribution in [0.4, 0.5) is 17.1 Å². The van der Waals surface area contributed by atoms with Gasteiger partial charge in [0.2, 0.25) is 5.88 Å². The van der Waals surface area contributed by atoms with Gasteiger partial charge in [0.05, 0.1) is 23.8 Å². The Kier molecular flexibility index (Phi) is 5.21. The Hall–Kier alpha value is -3.58. The molecule has 0 saturated heterocycles. The van der Waals surface area contributed by atoms with E-state index in [0.717, 1.165) is 4.57 Å². The van der Waals surface area contributed by atoms with Crippen molar-refractivity contribution in [3.63, 3.8) is 0 Å². The first kappa shape index (κ1) is 17.8. The molecule has 1 aromatic heterocycles. The number of rotatable bonds is 5. The molecule has 0 amide bonds. The van der Waals surface area contributed by atoms with Crippen LogP contribution in [0.5, 0.6) is 5.88 Å². The summed E-state index contributed by atoms with van der Waals surface area (Å²) in [6.07, 6.45) is 0. The molecule has 2 aromatic rings. The molecule has 0 atom stereocenters. The van der Waals surface area contributed by atoms with E-state index in [-0.39, 0.29) is 34.7 Å². The quantitative estimate of drug-likeness (QED) is 0.481. The first-order valence-corrected chi connectivity index (χ1v) is 7.04. The zero-order valence-corrected chi connectivity index (χ0v) is 13.1. The van der Waals surface area contributed by atoms with Crippen LogP contribution in [0.2, 0.25) is 0 Å². The average molecular weight is 343 g/mol. The maximum Gasteiger partial charge on any atom is 0.281 e. The van der Waals surface area contributed by atoms with E-state index in [1.807, 2.05) is 0 Å². The van der Waals surface area contributed by atoms with Crippen molar-refractivity contribution >= 4 is 17.1 Å². The van der Waals surface area contributed by atoms with Crippen molar-refractivity contribution < 1.29 is 15.1 Å². The van der Waals surface area contributed by atoms with Crippen molar-refractivity contribution in [1.29, 1.82) is 5.26 Å². The fraction of sp³-hybridized carbons (Fsp3) is 0.200. The van der Waals surface area contributed by atoms with Crippen LogP contribution in [0, 0.1) is 28.4 Å². The second-order valence-electron chi connectivity index (χ2n) is 4.94. The minimum atomic E-state index is -0.714. The molecular formula is C15H13N5O5. The van der Waals surface area contributed by atoms with E-state index < -0.39 is 23.0 Å².